The molecule has 2 N–H and O–H groups in total. The topological polar surface area (TPSA) is 38.5 Å². The minimum atomic E-state index is 0.543. The number of nitrogens with zero attached hydrogens (tertiary/aromatic N) is 1. The molecule has 0 radical (unpaired) electrons. The molecular weight excluding hydrogens is 260 g/mol. The van der Waals surface area contributed by atoms with Crippen molar-refractivity contribution in [1.29, 1.82) is 0 Å². The zero-order chi connectivity index (χ0) is 14.7. The lowest BCUT2D eigenvalue weighted by Crippen LogP contribution is -2.22. The second-order valence-electron chi connectivity index (χ2n) is 5.53. The molecule has 1 atom stereocenters. The van der Waals surface area contributed by atoms with Crippen LogP contribution in [-0.2, 0) is 6.54 Å². The molecule has 21 heavy (non-hydrogen) atoms. The Morgan fingerprint density at radius 3 is 2.71 bits per heavy atom. The van der Waals surface area contributed by atoms with Crippen LogP contribution in [0, 0.1) is 0 Å². The third-order valence-corrected chi connectivity index (χ3v) is 4.23. The minimum absolute atomic E-state index is 0.543. The molecular formula is C18H22N2O. The average molecular weight is 282 g/mol. The van der Waals surface area contributed by atoms with Crippen LogP contribution < -0.4 is 15.4 Å². The number of nitrogens with two attached hydrogens (primary N) is 1. The summed E-state index contributed by atoms with van der Waals surface area (Å²) < 4.78 is 5.47. The number of hydrogen-bond donors (Lipinski definition) is 1. The van der Waals surface area contributed by atoms with Crippen LogP contribution in [0.1, 0.15) is 23.5 Å². The monoisotopic (exact) mass is 282 g/mol. The number of anilines is 1. The first-order valence-electron chi connectivity index (χ1n) is 7.49. The highest BCUT2D eigenvalue weighted by atomic mass is 16.5. The van der Waals surface area contributed by atoms with Gasteiger partial charge in [-0.3, -0.25) is 0 Å². The number of ether oxygens (including phenoxy) is 1. The van der Waals surface area contributed by atoms with E-state index in [-0.39, 0.29) is 0 Å². The highest BCUT2D eigenvalue weighted by Gasteiger charge is 2.27. The first-order chi connectivity index (χ1) is 10.3. The quantitative estimate of drug-likeness (QED) is 0.915. The third-order valence-electron chi connectivity index (χ3n) is 4.23. The van der Waals surface area contributed by atoms with Gasteiger partial charge in [0.05, 0.1) is 7.11 Å². The maximum Gasteiger partial charge on any atom is 0.123 e. The van der Waals surface area contributed by atoms with Crippen molar-refractivity contribution in [2.24, 2.45) is 5.73 Å². The standard InChI is InChI=1S/C18H22N2O/c1-21-18-9-5-2-6-15(18)13-20-12-14(10-11-19)16-7-3-4-8-17(16)20/h2-9,14H,10-13,19H2,1H3. The lowest BCUT2D eigenvalue weighted by molar-refractivity contribution is 0.409. The number of benzene rings is 2. The molecule has 2 aromatic rings. The van der Waals surface area contributed by atoms with Crippen molar-refractivity contribution >= 4 is 5.69 Å². The molecule has 0 saturated heterocycles. The molecule has 2 aromatic carbocycles. The van der Waals surface area contributed by atoms with E-state index in [1.807, 2.05) is 12.1 Å². The summed E-state index contributed by atoms with van der Waals surface area (Å²) in [6.45, 7) is 2.65. The second-order valence-corrected chi connectivity index (χ2v) is 5.53. The van der Waals surface area contributed by atoms with Gasteiger partial charge in [0.25, 0.3) is 0 Å². The maximum absolute atomic E-state index is 5.77. The Balaban J connectivity index is 1.87. The van der Waals surface area contributed by atoms with Crippen molar-refractivity contribution in [2.45, 2.75) is 18.9 Å². The third kappa shape index (κ3) is 2.74. The normalized spacial score (nSPS) is 16.9. The molecule has 1 heterocycles. The van der Waals surface area contributed by atoms with Crippen molar-refractivity contribution in [3.8, 4) is 5.75 Å². The van der Waals surface area contributed by atoms with E-state index in [1.54, 1.807) is 7.11 Å². The van der Waals surface area contributed by atoms with Gasteiger partial charge in [-0.25, -0.2) is 0 Å². The van der Waals surface area contributed by atoms with Crippen LogP contribution in [0.3, 0.4) is 0 Å². The highest BCUT2D eigenvalue weighted by Crippen LogP contribution is 2.39. The Hall–Kier alpha value is -2.00. The van der Waals surface area contributed by atoms with Gasteiger partial charge in [0, 0.05) is 30.3 Å². The maximum atomic E-state index is 5.77. The first-order valence-corrected chi connectivity index (χ1v) is 7.49. The Labute approximate surface area is 126 Å². The van der Waals surface area contributed by atoms with Gasteiger partial charge in [-0.05, 0) is 30.7 Å². The van der Waals surface area contributed by atoms with Crippen molar-refractivity contribution in [3.05, 3.63) is 59.7 Å². The van der Waals surface area contributed by atoms with E-state index in [0.29, 0.717) is 5.92 Å². The van der Waals surface area contributed by atoms with Gasteiger partial charge >= 0.3 is 0 Å². The van der Waals surface area contributed by atoms with E-state index in [2.05, 4.69) is 41.3 Å². The lowest BCUT2D eigenvalue weighted by atomic mass is 9.98. The molecule has 1 unspecified atom stereocenters. The summed E-state index contributed by atoms with van der Waals surface area (Å²) in [6.07, 6.45) is 1.04. The number of hydrogen-bond acceptors (Lipinski definition) is 3. The van der Waals surface area contributed by atoms with Gasteiger partial charge in [-0.2, -0.15) is 0 Å². The fraction of sp³-hybridized carbons (Fsp3) is 0.333. The fourth-order valence-corrected chi connectivity index (χ4v) is 3.22. The molecule has 0 amide bonds. The van der Waals surface area contributed by atoms with Crippen molar-refractivity contribution in [1.82, 2.24) is 0 Å². The van der Waals surface area contributed by atoms with E-state index in [4.69, 9.17) is 10.5 Å². The minimum Gasteiger partial charge on any atom is -0.496 e. The Kier molecular flexibility index (Phi) is 4.11. The molecule has 3 nitrogen and oxygen atoms in total. The molecule has 1 aliphatic heterocycles. The predicted octanol–water partition coefficient (Wildman–Crippen LogP) is 3.15. The van der Waals surface area contributed by atoms with E-state index in [9.17, 15) is 0 Å². The van der Waals surface area contributed by atoms with Gasteiger partial charge in [-0.1, -0.05) is 36.4 Å². The second kappa shape index (κ2) is 6.19. The molecule has 0 aliphatic carbocycles. The predicted molar refractivity (Wildman–Crippen MR) is 86.9 cm³/mol. The highest BCUT2D eigenvalue weighted by molar-refractivity contribution is 5.60. The molecule has 1 aliphatic rings. The van der Waals surface area contributed by atoms with Crippen LogP contribution >= 0.6 is 0 Å². The van der Waals surface area contributed by atoms with E-state index in [1.165, 1.54) is 16.8 Å². The van der Waals surface area contributed by atoms with Crippen molar-refractivity contribution in [3.63, 3.8) is 0 Å². The summed E-state index contributed by atoms with van der Waals surface area (Å²) in [5.74, 6) is 1.50. The van der Waals surface area contributed by atoms with Crippen LogP contribution in [0.15, 0.2) is 48.5 Å². The molecule has 110 valence electrons. The van der Waals surface area contributed by atoms with E-state index < -0.39 is 0 Å². The Bertz CT molecular complexity index is 612. The molecule has 0 aromatic heterocycles. The van der Waals surface area contributed by atoms with Crippen LogP contribution in [0.2, 0.25) is 0 Å². The lowest BCUT2D eigenvalue weighted by Gasteiger charge is -2.21. The average Bonchev–Trinajstić information content (AvgIpc) is 2.87. The summed E-state index contributed by atoms with van der Waals surface area (Å²) in [4.78, 5) is 2.44. The first kappa shape index (κ1) is 14.0. The summed E-state index contributed by atoms with van der Waals surface area (Å²) in [6, 6.07) is 16.9. The summed E-state index contributed by atoms with van der Waals surface area (Å²) in [7, 11) is 1.73. The number of methoxy groups -OCH3 is 1. The molecule has 3 rings (SSSR count). The van der Waals surface area contributed by atoms with Gasteiger partial charge in [-0.15, -0.1) is 0 Å². The van der Waals surface area contributed by atoms with Gasteiger partial charge < -0.3 is 15.4 Å². The molecule has 3 heteroatoms. The van der Waals surface area contributed by atoms with Gasteiger partial charge in [0.1, 0.15) is 5.75 Å². The zero-order valence-corrected chi connectivity index (χ0v) is 12.5. The Morgan fingerprint density at radius 2 is 1.90 bits per heavy atom. The number of para-hydroxylation sites is 2. The number of rotatable bonds is 5. The summed E-state index contributed by atoms with van der Waals surface area (Å²) in [5, 5.41) is 0. The van der Waals surface area contributed by atoms with E-state index >= 15 is 0 Å². The van der Waals surface area contributed by atoms with Gasteiger partial charge in [0.2, 0.25) is 0 Å². The Morgan fingerprint density at radius 1 is 1.14 bits per heavy atom. The van der Waals surface area contributed by atoms with Crippen LogP contribution in [0.5, 0.6) is 5.75 Å². The van der Waals surface area contributed by atoms with Crippen molar-refractivity contribution in [2.75, 3.05) is 25.1 Å². The summed E-state index contributed by atoms with van der Waals surface area (Å²) >= 11 is 0. The molecule has 0 fully saturated rings. The van der Waals surface area contributed by atoms with Crippen LogP contribution in [0.4, 0.5) is 5.69 Å². The molecule has 0 bridgehead atoms. The smallest absolute Gasteiger partial charge is 0.123 e. The van der Waals surface area contributed by atoms with Crippen LogP contribution in [-0.4, -0.2) is 20.2 Å². The van der Waals surface area contributed by atoms with Gasteiger partial charge in [0.15, 0.2) is 0 Å². The largest absolute Gasteiger partial charge is 0.496 e. The van der Waals surface area contributed by atoms with E-state index in [0.717, 1.165) is 31.8 Å². The molecule has 0 spiro atoms. The van der Waals surface area contributed by atoms with Crippen LogP contribution in [0.25, 0.3) is 0 Å². The fourth-order valence-electron chi connectivity index (χ4n) is 3.22. The van der Waals surface area contributed by atoms with Crippen molar-refractivity contribution < 1.29 is 4.74 Å². The SMILES string of the molecule is COc1ccccc1CN1CC(CCN)c2ccccc21. The summed E-state index contributed by atoms with van der Waals surface area (Å²) in [5.41, 5.74) is 9.76. The molecule has 0 saturated carbocycles. The number of fused-ring (bicyclic) bond motifs is 1. The zero-order valence-electron chi connectivity index (χ0n) is 12.5.